The fourth-order valence-corrected chi connectivity index (χ4v) is 9.42. The normalized spacial score (nSPS) is 23.4. The van der Waals surface area contributed by atoms with Gasteiger partial charge in [-0.15, -0.1) is 0 Å². The van der Waals surface area contributed by atoms with Gasteiger partial charge in [-0.3, -0.25) is 0 Å². The van der Waals surface area contributed by atoms with Gasteiger partial charge in [-0.25, -0.2) is 4.79 Å². The topological polar surface area (TPSA) is 51.3 Å². The summed E-state index contributed by atoms with van der Waals surface area (Å²) in [6.45, 7) is 13.5. The quantitative estimate of drug-likeness (QED) is 0.520. The van der Waals surface area contributed by atoms with Crippen molar-refractivity contribution in [3.8, 4) is 0 Å². The SMILES string of the molecule is CC(C)(C)OC(=O)N1C[C@H]2O[C@H]2[C@H](O[Si](c2ccccc2)(c2ccccc2)C(C)(C)C)C1. The van der Waals surface area contributed by atoms with Gasteiger partial charge in [0.15, 0.2) is 0 Å². The maximum atomic E-state index is 12.8. The van der Waals surface area contributed by atoms with Crippen LogP contribution in [0.1, 0.15) is 41.5 Å². The number of piperidine rings is 1. The number of nitrogens with zero attached hydrogens (tertiary/aromatic N) is 1. The van der Waals surface area contributed by atoms with Crippen molar-refractivity contribution in [1.29, 1.82) is 0 Å². The molecule has 172 valence electrons. The summed E-state index contributed by atoms with van der Waals surface area (Å²) in [5.41, 5.74) is -0.535. The predicted molar refractivity (Wildman–Crippen MR) is 129 cm³/mol. The standard InChI is InChI=1S/C26H35NO4Si/c1-25(2,3)30-24(28)27-17-21-23(29-21)22(18-27)31-32(26(4,5)6,19-13-9-7-10-14-19)20-15-11-8-12-16-20/h7-16,21-23H,17-18H2,1-6H3/t21-,22-,23-/m1/s1. The van der Waals surface area contributed by atoms with Crippen molar-refractivity contribution < 1.29 is 18.7 Å². The Labute approximate surface area is 192 Å². The summed E-state index contributed by atoms with van der Waals surface area (Å²) >= 11 is 0. The number of carbonyl (C=O) groups is 1. The number of carbonyl (C=O) groups excluding carboxylic acids is 1. The highest BCUT2D eigenvalue weighted by molar-refractivity contribution is 6.99. The third-order valence-corrected chi connectivity index (χ3v) is 11.2. The summed E-state index contributed by atoms with van der Waals surface area (Å²) in [4.78, 5) is 14.6. The molecule has 6 heteroatoms. The molecule has 0 aliphatic carbocycles. The fourth-order valence-electron chi connectivity index (χ4n) is 4.74. The van der Waals surface area contributed by atoms with E-state index in [0.717, 1.165) is 0 Å². The van der Waals surface area contributed by atoms with Crippen molar-refractivity contribution in [1.82, 2.24) is 4.90 Å². The van der Waals surface area contributed by atoms with Crippen LogP contribution in [0.25, 0.3) is 0 Å². The number of rotatable bonds is 4. The van der Waals surface area contributed by atoms with Crippen molar-refractivity contribution in [2.24, 2.45) is 0 Å². The number of benzene rings is 2. The van der Waals surface area contributed by atoms with Gasteiger partial charge in [0, 0.05) is 0 Å². The number of amides is 1. The highest BCUT2D eigenvalue weighted by Crippen LogP contribution is 2.41. The lowest BCUT2D eigenvalue weighted by Gasteiger charge is -2.46. The van der Waals surface area contributed by atoms with Gasteiger partial charge in [0.2, 0.25) is 0 Å². The monoisotopic (exact) mass is 453 g/mol. The Morgan fingerprint density at radius 3 is 1.91 bits per heavy atom. The van der Waals surface area contributed by atoms with Crippen LogP contribution in [-0.2, 0) is 13.9 Å². The van der Waals surface area contributed by atoms with Gasteiger partial charge in [0.1, 0.15) is 17.8 Å². The van der Waals surface area contributed by atoms with Gasteiger partial charge in [0.25, 0.3) is 8.32 Å². The third kappa shape index (κ3) is 4.49. The van der Waals surface area contributed by atoms with Gasteiger partial charge >= 0.3 is 6.09 Å². The van der Waals surface area contributed by atoms with Crippen molar-refractivity contribution in [3.63, 3.8) is 0 Å². The Bertz CT molecular complexity index is 896. The van der Waals surface area contributed by atoms with E-state index in [1.54, 1.807) is 4.90 Å². The van der Waals surface area contributed by atoms with Gasteiger partial charge in [0.05, 0.1) is 19.2 Å². The van der Waals surface area contributed by atoms with Crippen LogP contribution in [0.5, 0.6) is 0 Å². The molecule has 2 aliphatic heterocycles. The number of likely N-dealkylation sites (tertiary alicyclic amines) is 1. The summed E-state index contributed by atoms with van der Waals surface area (Å²) in [5, 5.41) is 2.32. The Morgan fingerprint density at radius 1 is 0.906 bits per heavy atom. The van der Waals surface area contributed by atoms with Crippen LogP contribution in [0.4, 0.5) is 4.79 Å². The van der Waals surface area contributed by atoms with E-state index in [2.05, 4.69) is 69.3 Å². The molecular formula is C26H35NO4Si. The predicted octanol–water partition coefficient (Wildman–Crippen LogP) is 3.95. The second-order valence-corrected chi connectivity index (χ2v) is 15.1. The van der Waals surface area contributed by atoms with Gasteiger partial charge < -0.3 is 18.8 Å². The molecule has 2 aromatic rings. The molecule has 0 N–H and O–H groups in total. The summed E-state index contributed by atoms with van der Waals surface area (Å²) in [7, 11) is -2.72. The molecule has 2 aliphatic rings. The summed E-state index contributed by atoms with van der Waals surface area (Å²) < 4.78 is 18.9. The smallest absolute Gasteiger partial charge is 0.410 e. The highest BCUT2D eigenvalue weighted by Gasteiger charge is 2.58. The van der Waals surface area contributed by atoms with Crippen LogP contribution < -0.4 is 10.4 Å². The number of hydrogen-bond acceptors (Lipinski definition) is 4. The summed E-state index contributed by atoms with van der Waals surface area (Å²) in [5.74, 6) is 0. The molecule has 2 saturated heterocycles. The molecule has 0 bridgehead atoms. The molecular weight excluding hydrogens is 418 g/mol. The van der Waals surface area contributed by atoms with E-state index in [1.165, 1.54) is 10.4 Å². The van der Waals surface area contributed by atoms with E-state index in [9.17, 15) is 4.79 Å². The molecule has 2 fully saturated rings. The van der Waals surface area contributed by atoms with Crippen LogP contribution in [0.15, 0.2) is 60.7 Å². The molecule has 0 saturated carbocycles. The summed E-state index contributed by atoms with van der Waals surface area (Å²) in [6.07, 6.45) is -0.468. The number of epoxide rings is 1. The van der Waals surface area contributed by atoms with Crippen LogP contribution >= 0.6 is 0 Å². The lowest BCUT2D eigenvalue weighted by molar-refractivity contribution is 0.0112. The molecule has 4 rings (SSSR count). The molecule has 1 amide bonds. The Kier molecular flexibility index (Phi) is 5.99. The highest BCUT2D eigenvalue weighted by atomic mass is 28.4. The fraction of sp³-hybridized carbons (Fsp3) is 0.500. The van der Waals surface area contributed by atoms with Gasteiger partial charge in [-0.2, -0.15) is 0 Å². The lowest BCUT2D eigenvalue weighted by atomic mass is 10.1. The first-order valence-electron chi connectivity index (χ1n) is 11.4. The van der Waals surface area contributed by atoms with E-state index >= 15 is 0 Å². The largest absolute Gasteiger partial charge is 0.444 e. The molecule has 5 nitrogen and oxygen atoms in total. The van der Waals surface area contributed by atoms with Crippen molar-refractivity contribution in [2.45, 2.75) is 70.5 Å². The van der Waals surface area contributed by atoms with Gasteiger partial charge in [-0.05, 0) is 36.2 Å². The van der Waals surface area contributed by atoms with E-state index in [1.807, 2.05) is 32.9 Å². The van der Waals surface area contributed by atoms with Crippen molar-refractivity contribution >= 4 is 24.8 Å². The van der Waals surface area contributed by atoms with Crippen LogP contribution in [-0.4, -0.2) is 56.3 Å². The molecule has 2 heterocycles. The Morgan fingerprint density at radius 2 is 1.44 bits per heavy atom. The summed E-state index contributed by atoms with van der Waals surface area (Å²) in [6, 6.07) is 21.2. The molecule has 0 radical (unpaired) electrons. The average molecular weight is 454 g/mol. The molecule has 3 atom stereocenters. The van der Waals surface area contributed by atoms with E-state index in [0.29, 0.717) is 13.1 Å². The van der Waals surface area contributed by atoms with E-state index in [-0.39, 0.29) is 29.4 Å². The van der Waals surface area contributed by atoms with Crippen molar-refractivity contribution in [2.75, 3.05) is 13.1 Å². The van der Waals surface area contributed by atoms with Crippen LogP contribution in [0, 0.1) is 0 Å². The van der Waals surface area contributed by atoms with Crippen LogP contribution in [0.2, 0.25) is 5.04 Å². The maximum Gasteiger partial charge on any atom is 0.410 e. The Balaban J connectivity index is 1.71. The third-order valence-electron chi connectivity index (χ3n) is 6.19. The Hall–Kier alpha value is -2.15. The van der Waals surface area contributed by atoms with Crippen molar-refractivity contribution in [3.05, 3.63) is 60.7 Å². The molecule has 2 aromatic carbocycles. The first-order valence-corrected chi connectivity index (χ1v) is 13.3. The minimum absolute atomic E-state index is 0.0134. The second kappa shape index (κ2) is 8.32. The first-order chi connectivity index (χ1) is 15.0. The zero-order chi connectivity index (χ0) is 23.1. The lowest BCUT2D eigenvalue weighted by Crippen LogP contribution is -2.69. The molecule has 0 aromatic heterocycles. The number of fused-ring (bicyclic) bond motifs is 1. The number of ether oxygens (including phenoxy) is 2. The van der Waals surface area contributed by atoms with Gasteiger partial charge in [-0.1, -0.05) is 81.4 Å². The maximum absolute atomic E-state index is 12.8. The minimum Gasteiger partial charge on any atom is -0.444 e. The zero-order valence-corrected chi connectivity index (χ0v) is 21.0. The van der Waals surface area contributed by atoms with E-state index < -0.39 is 13.9 Å². The zero-order valence-electron chi connectivity index (χ0n) is 20.0. The van der Waals surface area contributed by atoms with E-state index in [4.69, 9.17) is 13.9 Å². The second-order valence-electron chi connectivity index (χ2n) is 10.8. The van der Waals surface area contributed by atoms with Crippen LogP contribution in [0.3, 0.4) is 0 Å². The minimum atomic E-state index is -2.72. The number of hydrogen-bond donors (Lipinski definition) is 0. The molecule has 0 spiro atoms. The average Bonchev–Trinajstić information content (AvgIpc) is 3.51. The molecule has 32 heavy (non-hydrogen) atoms. The first kappa shape index (κ1) is 23.0. The molecule has 0 unspecified atom stereocenters.